The molecule has 0 aliphatic heterocycles. The van der Waals surface area contributed by atoms with Gasteiger partial charge in [-0.2, -0.15) is 0 Å². The highest BCUT2D eigenvalue weighted by molar-refractivity contribution is 6.32. The molecule has 6 heteroatoms. The summed E-state index contributed by atoms with van der Waals surface area (Å²) < 4.78 is 18.4. The molecule has 0 heterocycles. The molecule has 0 saturated carbocycles. The van der Waals surface area contributed by atoms with E-state index in [0.717, 1.165) is 6.07 Å². The van der Waals surface area contributed by atoms with E-state index in [4.69, 9.17) is 22.1 Å². The number of anilines is 2. The number of hydrogen-bond acceptors (Lipinski definition) is 3. The van der Waals surface area contributed by atoms with Gasteiger partial charge in [0.15, 0.2) is 0 Å². The second-order valence-electron chi connectivity index (χ2n) is 4.04. The van der Waals surface area contributed by atoms with E-state index in [1.54, 1.807) is 18.2 Å². The summed E-state index contributed by atoms with van der Waals surface area (Å²) in [5.74, 6) is -0.646. The smallest absolute Gasteiger partial charge is 0.255 e. The maximum atomic E-state index is 13.3. The van der Waals surface area contributed by atoms with Crippen molar-refractivity contribution < 1.29 is 13.9 Å². The molecule has 0 radical (unpaired) electrons. The number of amides is 1. The summed E-state index contributed by atoms with van der Waals surface area (Å²) in [5, 5.41) is 3.06. The summed E-state index contributed by atoms with van der Waals surface area (Å²) in [4.78, 5) is 12.0. The SMILES string of the molecule is COc1cc(NC(=O)c2ccc(N)c(F)c2)ccc1Cl. The minimum absolute atomic E-state index is 0.00490. The van der Waals surface area contributed by atoms with Crippen LogP contribution in [0.3, 0.4) is 0 Å². The van der Waals surface area contributed by atoms with E-state index in [9.17, 15) is 9.18 Å². The van der Waals surface area contributed by atoms with Crippen LogP contribution in [0.15, 0.2) is 36.4 Å². The minimum Gasteiger partial charge on any atom is -0.495 e. The van der Waals surface area contributed by atoms with Gasteiger partial charge in [-0.05, 0) is 30.3 Å². The molecule has 0 saturated heterocycles. The first-order chi connectivity index (χ1) is 9.51. The van der Waals surface area contributed by atoms with Crippen LogP contribution < -0.4 is 15.8 Å². The fraction of sp³-hybridized carbons (Fsp3) is 0.0714. The van der Waals surface area contributed by atoms with Gasteiger partial charge in [-0.25, -0.2) is 4.39 Å². The molecule has 4 nitrogen and oxygen atoms in total. The van der Waals surface area contributed by atoms with Gasteiger partial charge in [-0.1, -0.05) is 11.6 Å². The van der Waals surface area contributed by atoms with Gasteiger partial charge < -0.3 is 15.8 Å². The lowest BCUT2D eigenvalue weighted by Gasteiger charge is -2.09. The lowest BCUT2D eigenvalue weighted by atomic mass is 10.2. The Morgan fingerprint density at radius 2 is 2.05 bits per heavy atom. The second kappa shape index (κ2) is 5.79. The first-order valence-corrected chi connectivity index (χ1v) is 6.09. The second-order valence-corrected chi connectivity index (χ2v) is 4.45. The Labute approximate surface area is 120 Å². The molecule has 104 valence electrons. The van der Waals surface area contributed by atoms with E-state index < -0.39 is 11.7 Å². The molecule has 0 aromatic heterocycles. The number of benzene rings is 2. The number of nitrogens with one attached hydrogen (secondary N) is 1. The molecule has 0 fully saturated rings. The number of halogens is 2. The molecule has 2 aromatic carbocycles. The van der Waals surface area contributed by atoms with Gasteiger partial charge in [-0.15, -0.1) is 0 Å². The highest BCUT2D eigenvalue weighted by Crippen LogP contribution is 2.27. The molecule has 1 amide bonds. The van der Waals surface area contributed by atoms with Crippen LogP contribution in [0.25, 0.3) is 0 Å². The van der Waals surface area contributed by atoms with Gasteiger partial charge in [0.2, 0.25) is 0 Å². The Morgan fingerprint density at radius 1 is 1.30 bits per heavy atom. The van der Waals surface area contributed by atoms with E-state index in [0.29, 0.717) is 16.5 Å². The quantitative estimate of drug-likeness (QED) is 0.854. The van der Waals surface area contributed by atoms with Crippen molar-refractivity contribution in [2.24, 2.45) is 0 Å². The third-order valence-corrected chi connectivity index (χ3v) is 2.98. The van der Waals surface area contributed by atoms with Crippen LogP contribution in [0.2, 0.25) is 5.02 Å². The molecular formula is C14H12ClFN2O2. The van der Waals surface area contributed by atoms with Gasteiger partial charge in [0.25, 0.3) is 5.91 Å². The number of rotatable bonds is 3. The third-order valence-electron chi connectivity index (χ3n) is 2.67. The Bertz CT molecular complexity index is 662. The molecule has 20 heavy (non-hydrogen) atoms. The van der Waals surface area contributed by atoms with Gasteiger partial charge in [0.05, 0.1) is 17.8 Å². The molecule has 0 atom stereocenters. The lowest BCUT2D eigenvalue weighted by Crippen LogP contribution is -2.12. The van der Waals surface area contributed by atoms with Crippen LogP contribution in [0.1, 0.15) is 10.4 Å². The van der Waals surface area contributed by atoms with E-state index >= 15 is 0 Å². The minimum atomic E-state index is -0.633. The van der Waals surface area contributed by atoms with Gasteiger partial charge in [-0.3, -0.25) is 4.79 Å². The van der Waals surface area contributed by atoms with Crippen LogP contribution in [0.4, 0.5) is 15.8 Å². The lowest BCUT2D eigenvalue weighted by molar-refractivity contribution is 0.102. The number of carbonyl (C=O) groups excluding carboxylic acids is 1. The molecule has 0 unspecified atom stereocenters. The summed E-state index contributed by atoms with van der Waals surface area (Å²) in [5.41, 5.74) is 6.02. The standard InChI is InChI=1S/C14H12ClFN2O2/c1-20-13-7-9(3-4-10(13)15)18-14(19)8-2-5-12(17)11(16)6-8/h2-7H,17H2,1H3,(H,18,19). The van der Waals surface area contributed by atoms with Crippen molar-refractivity contribution in [3.05, 3.63) is 52.8 Å². The maximum Gasteiger partial charge on any atom is 0.255 e. The van der Waals surface area contributed by atoms with Gasteiger partial charge >= 0.3 is 0 Å². The van der Waals surface area contributed by atoms with E-state index in [1.807, 2.05) is 0 Å². The Hall–Kier alpha value is -2.27. The summed E-state index contributed by atoms with van der Waals surface area (Å²) in [6.07, 6.45) is 0. The van der Waals surface area contributed by atoms with Crippen molar-refractivity contribution in [2.75, 3.05) is 18.2 Å². The molecule has 0 aliphatic rings. The Morgan fingerprint density at radius 3 is 2.70 bits per heavy atom. The zero-order valence-corrected chi connectivity index (χ0v) is 11.4. The largest absolute Gasteiger partial charge is 0.495 e. The molecule has 2 rings (SSSR count). The normalized spacial score (nSPS) is 10.2. The van der Waals surface area contributed by atoms with Crippen molar-refractivity contribution in [1.82, 2.24) is 0 Å². The summed E-state index contributed by atoms with van der Waals surface area (Å²) in [6.45, 7) is 0. The molecule has 0 bridgehead atoms. The molecule has 0 aliphatic carbocycles. The number of ether oxygens (including phenoxy) is 1. The third kappa shape index (κ3) is 3.00. The Kier molecular flexibility index (Phi) is 4.10. The highest BCUT2D eigenvalue weighted by atomic mass is 35.5. The van der Waals surface area contributed by atoms with Crippen LogP contribution in [-0.4, -0.2) is 13.0 Å². The van der Waals surface area contributed by atoms with Crippen LogP contribution >= 0.6 is 11.6 Å². The Balaban J connectivity index is 2.21. The van der Waals surface area contributed by atoms with E-state index in [-0.39, 0.29) is 11.3 Å². The first-order valence-electron chi connectivity index (χ1n) is 5.71. The average molecular weight is 295 g/mol. The predicted octanol–water partition coefficient (Wildman–Crippen LogP) is 3.32. The topological polar surface area (TPSA) is 64.3 Å². The average Bonchev–Trinajstić information content (AvgIpc) is 2.43. The van der Waals surface area contributed by atoms with Crippen molar-refractivity contribution in [3.8, 4) is 5.75 Å². The number of nitrogens with two attached hydrogens (primary N) is 1. The van der Waals surface area contributed by atoms with Crippen LogP contribution in [0.5, 0.6) is 5.75 Å². The summed E-state index contributed by atoms with van der Waals surface area (Å²) >= 11 is 5.89. The van der Waals surface area contributed by atoms with Gasteiger partial charge in [0, 0.05) is 17.3 Å². The van der Waals surface area contributed by atoms with Crippen molar-refractivity contribution in [2.45, 2.75) is 0 Å². The van der Waals surface area contributed by atoms with Crippen LogP contribution in [-0.2, 0) is 0 Å². The fourth-order valence-corrected chi connectivity index (χ4v) is 1.80. The summed E-state index contributed by atoms with van der Waals surface area (Å²) in [6, 6.07) is 8.66. The number of methoxy groups -OCH3 is 1. The van der Waals surface area contributed by atoms with Crippen molar-refractivity contribution in [1.29, 1.82) is 0 Å². The fourth-order valence-electron chi connectivity index (χ4n) is 1.61. The number of hydrogen-bond donors (Lipinski definition) is 2. The molecule has 2 aromatic rings. The maximum absolute atomic E-state index is 13.3. The monoisotopic (exact) mass is 294 g/mol. The van der Waals surface area contributed by atoms with Crippen molar-refractivity contribution >= 4 is 28.9 Å². The number of carbonyl (C=O) groups is 1. The predicted molar refractivity (Wildman–Crippen MR) is 76.8 cm³/mol. The zero-order chi connectivity index (χ0) is 14.7. The molecule has 3 N–H and O–H groups in total. The zero-order valence-electron chi connectivity index (χ0n) is 10.6. The first kappa shape index (κ1) is 14.1. The molecular weight excluding hydrogens is 283 g/mol. The number of nitrogen functional groups attached to an aromatic ring is 1. The van der Waals surface area contributed by atoms with Gasteiger partial charge in [0.1, 0.15) is 11.6 Å². The summed E-state index contributed by atoms with van der Waals surface area (Å²) in [7, 11) is 1.47. The molecule has 0 spiro atoms. The van der Waals surface area contributed by atoms with Crippen LogP contribution in [0, 0.1) is 5.82 Å². The highest BCUT2D eigenvalue weighted by Gasteiger charge is 2.10. The van der Waals surface area contributed by atoms with E-state index in [2.05, 4.69) is 5.32 Å². The van der Waals surface area contributed by atoms with E-state index in [1.165, 1.54) is 19.2 Å². The van der Waals surface area contributed by atoms with Crippen molar-refractivity contribution in [3.63, 3.8) is 0 Å².